The molecule has 0 saturated heterocycles. The Bertz CT molecular complexity index is 600. The van der Waals surface area contributed by atoms with Crippen LogP contribution in [0.5, 0.6) is 5.75 Å². The summed E-state index contributed by atoms with van der Waals surface area (Å²) in [6.45, 7) is 0.0655. The Labute approximate surface area is 113 Å². The van der Waals surface area contributed by atoms with Gasteiger partial charge in [-0.2, -0.15) is 0 Å². The van der Waals surface area contributed by atoms with E-state index in [9.17, 15) is 4.79 Å². The third kappa shape index (κ3) is 2.25. The lowest BCUT2D eigenvalue weighted by atomic mass is 10.1. The van der Waals surface area contributed by atoms with Gasteiger partial charge in [0.2, 0.25) is 0 Å². The van der Waals surface area contributed by atoms with E-state index >= 15 is 0 Å². The van der Waals surface area contributed by atoms with Gasteiger partial charge in [-0.3, -0.25) is 4.79 Å². The molecule has 2 aromatic rings. The first-order valence-corrected chi connectivity index (χ1v) is 5.88. The van der Waals surface area contributed by atoms with E-state index in [-0.39, 0.29) is 24.9 Å². The second-order valence-corrected chi connectivity index (χ2v) is 4.51. The van der Waals surface area contributed by atoms with Gasteiger partial charge < -0.3 is 15.8 Å². The highest BCUT2D eigenvalue weighted by Crippen LogP contribution is 2.33. The zero-order chi connectivity index (χ0) is 11.8. The number of halogens is 1. The predicted molar refractivity (Wildman–Crippen MR) is 73.3 cm³/mol. The number of nitrogen functional groups attached to an aromatic ring is 1. The Morgan fingerprint density at radius 3 is 3.00 bits per heavy atom. The summed E-state index contributed by atoms with van der Waals surface area (Å²) in [4.78, 5) is 15.4. The zero-order valence-corrected chi connectivity index (χ0v) is 10.8. The number of amides is 1. The number of ether oxygens (including phenoxy) is 1. The molecule has 3 N–H and O–H groups in total. The van der Waals surface area contributed by atoms with Crippen molar-refractivity contribution < 1.29 is 9.53 Å². The van der Waals surface area contributed by atoms with Crippen molar-refractivity contribution in [2.75, 3.05) is 17.7 Å². The van der Waals surface area contributed by atoms with Gasteiger partial charge in [-0.25, -0.2) is 4.98 Å². The van der Waals surface area contributed by atoms with Crippen LogP contribution in [0.1, 0.15) is 0 Å². The van der Waals surface area contributed by atoms with E-state index < -0.39 is 0 Å². The van der Waals surface area contributed by atoms with Crippen molar-refractivity contribution >= 4 is 40.5 Å². The summed E-state index contributed by atoms with van der Waals surface area (Å²) in [6, 6.07) is 5.55. The van der Waals surface area contributed by atoms with Crippen LogP contribution in [0.15, 0.2) is 23.6 Å². The fourth-order valence-corrected chi connectivity index (χ4v) is 2.23. The van der Waals surface area contributed by atoms with Gasteiger partial charge in [-0.15, -0.1) is 23.7 Å². The van der Waals surface area contributed by atoms with Crippen LogP contribution in [0.3, 0.4) is 0 Å². The number of anilines is 2. The molecule has 2 heterocycles. The molecule has 1 aromatic carbocycles. The Balaban J connectivity index is 0.00000120. The van der Waals surface area contributed by atoms with E-state index in [2.05, 4.69) is 10.3 Å². The molecule has 0 radical (unpaired) electrons. The summed E-state index contributed by atoms with van der Waals surface area (Å²) in [5.74, 6) is 0.531. The van der Waals surface area contributed by atoms with Gasteiger partial charge >= 0.3 is 0 Å². The van der Waals surface area contributed by atoms with Crippen LogP contribution in [0.4, 0.5) is 10.8 Å². The van der Waals surface area contributed by atoms with Gasteiger partial charge in [0, 0.05) is 10.9 Å². The molecule has 0 fully saturated rings. The number of aromatic nitrogens is 1. The Morgan fingerprint density at radius 2 is 2.28 bits per heavy atom. The van der Waals surface area contributed by atoms with E-state index in [0.717, 1.165) is 11.3 Å². The normalized spacial score (nSPS) is 13.0. The van der Waals surface area contributed by atoms with Crippen LogP contribution in [-0.2, 0) is 4.79 Å². The summed E-state index contributed by atoms with van der Waals surface area (Å²) < 4.78 is 5.28. The highest BCUT2D eigenvalue weighted by atomic mass is 35.5. The molecule has 18 heavy (non-hydrogen) atoms. The number of thiazole rings is 1. The topological polar surface area (TPSA) is 77.2 Å². The van der Waals surface area contributed by atoms with Gasteiger partial charge in [-0.05, 0) is 18.2 Å². The van der Waals surface area contributed by atoms with Crippen LogP contribution >= 0.6 is 23.7 Å². The summed E-state index contributed by atoms with van der Waals surface area (Å²) in [5.41, 5.74) is 7.97. The van der Waals surface area contributed by atoms with Gasteiger partial charge in [-0.1, -0.05) is 0 Å². The lowest BCUT2D eigenvalue weighted by Gasteiger charge is -2.18. The molecular formula is C11H10ClN3O2S. The van der Waals surface area contributed by atoms with Crippen LogP contribution in [0, 0.1) is 0 Å². The van der Waals surface area contributed by atoms with Gasteiger partial charge in [0.05, 0.1) is 11.4 Å². The number of carbonyl (C=O) groups excluding carboxylic acids is 1. The van der Waals surface area contributed by atoms with Gasteiger partial charge in [0.1, 0.15) is 5.75 Å². The number of fused-ring (bicyclic) bond motifs is 1. The van der Waals surface area contributed by atoms with Crippen molar-refractivity contribution in [1.29, 1.82) is 0 Å². The maximum absolute atomic E-state index is 11.2. The van der Waals surface area contributed by atoms with Crippen molar-refractivity contribution in [1.82, 2.24) is 4.98 Å². The van der Waals surface area contributed by atoms with Gasteiger partial charge in [0.15, 0.2) is 11.7 Å². The first-order chi connectivity index (χ1) is 8.22. The zero-order valence-electron chi connectivity index (χ0n) is 9.17. The largest absolute Gasteiger partial charge is 0.482 e. The number of nitrogens with one attached hydrogen (secondary N) is 1. The highest BCUT2D eigenvalue weighted by molar-refractivity contribution is 7.13. The average Bonchev–Trinajstić information content (AvgIpc) is 2.75. The fraction of sp³-hybridized carbons (Fsp3) is 0.0909. The second kappa shape index (κ2) is 4.83. The summed E-state index contributed by atoms with van der Waals surface area (Å²) in [5, 5.41) is 5.16. The molecule has 0 atom stereocenters. The van der Waals surface area contributed by atoms with E-state index in [4.69, 9.17) is 10.5 Å². The Kier molecular flexibility index (Phi) is 3.40. The quantitative estimate of drug-likeness (QED) is 0.841. The van der Waals surface area contributed by atoms with E-state index in [0.29, 0.717) is 16.6 Å². The predicted octanol–water partition coefficient (Wildman–Crippen LogP) is 2.14. The minimum absolute atomic E-state index is 0. The number of nitrogens with two attached hydrogens (primary N) is 1. The van der Waals surface area contributed by atoms with E-state index in [1.807, 2.05) is 23.6 Å². The smallest absolute Gasteiger partial charge is 0.262 e. The summed E-state index contributed by atoms with van der Waals surface area (Å²) >= 11 is 1.39. The van der Waals surface area contributed by atoms with Gasteiger partial charge in [0.25, 0.3) is 5.91 Å². The van der Waals surface area contributed by atoms with Crippen molar-refractivity contribution in [3.63, 3.8) is 0 Å². The molecule has 1 amide bonds. The molecule has 94 valence electrons. The van der Waals surface area contributed by atoms with Crippen LogP contribution < -0.4 is 15.8 Å². The molecule has 0 spiro atoms. The maximum atomic E-state index is 11.2. The first-order valence-electron chi connectivity index (χ1n) is 5.00. The molecule has 1 aromatic heterocycles. The number of hydrogen-bond donors (Lipinski definition) is 2. The highest BCUT2D eigenvalue weighted by Gasteiger charge is 2.16. The standard InChI is InChI=1S/C11H9N3O2S.ClH/c12-11-14-8(5-17-11)6-1-2-9-7(3-6)13-10(15)4-16-9;/h1-3,5H,4H2,(H2,12,14)(H,13,15);1H. The van der Waals surface area contributed by atoms with Crippen LogP contribution in [0.2, 0.25) is 0 Å². The molecular weight excluding hydrogens is 274 g/mol. The monoisotopic (exact) mass is 283 g/mol. The summed E-state index contributed by atoms with van der Waals surface area (Å²) in [6.07, 6.45) is 0. The van der Waals surface area contributed by atoms with Crippen molar-refractivity contribution in [3.8, 4) is 17.0 Å². The Hall–Kier alpha value is -1.79. The lowest BCUT2D eigenvalue weighted by molar-refractivity contribution is -0.118. The Morgan fingerprint density at radius 1 is 1.44 bits per heavy atom. The molecule has 5 nitrogen and oxygen atoms in total. The van der Waals surface area contributed by atoms with E-state index in [1.165, 1.54) is 11.3 Å². The van der Waals surface area contributed by atoms with Crippen LogP contribution in [-0.4, -0.2) is 17.5 Å². The second-order valence-electron chi connectivity index (χ2n) is 3.62. The minimum atomic E-state index is -0.146. The molecule has 0 unspecified atom stereocenters. The van der Waals surface area contributed by atoms with Crippen LogP contribution in [0.25, 0.3) is 11.3 Å². The average molecular weight is 284 g/mol. The molecule has 0 bridgehead atoms. The molecule has 7 heteroatoms. The summed E-state index contributed by atoms with van der Waals surface area (Å²) in [7, 11) is 0. The third-order valence-electron chi connectivity index (χ3n) is 2.43. The first kappa shape index (κ1) is 12.7. The number of carbonyl (C=O) groups is 1. The number of nitrogens with zero attached hydrogens (tertiary/aromatic N) is 1. The SMILES string of the molecule is Cl.Nc1nc(-c2ccc3c(c2)NC(=O)CO3)cs1. The molecule has 0 aliphatic carbocycles. The number of benzene rings is 1. The molecule has 1 aliphatic heterocycles. The minimum Gasteiger partial charge on any atom is -0.482 e. The number of rotatable bonds is 1. The molecule has 3 rings (SSSR count). The van der Waals surface area contributed by atoms with Crippen molar-refractivity contribution in [2.24, 2.45) is 0 Å². The van der Waals surface area contributed by atoms with Crippen molar-refractivity contribution in [2.45, 2.75) is 0 Å². The van der Waals surface area contributed by atoms with E-state index in [1.54, 1.807) is 0 Å². The maximum Gasteiger partial charge on any atom is 0.262 e. The fourth-order valence-electron chi connectivity index (χ4n) is 1.66. The third-order valence-corrected chi connectivity index (χ3v) is 3.10. The number of hydrogen-bond acceptors (Lipinski definition) is 5. The van der Waals surface area contributed by atoms with Crippen molar-refractivity contribution in [3.05, 3.63) is 23.6 Å². The lowest BCUT2D eigenvalue weighted by Crippen LogP contribution is -2.25. The molecule has 1 aliphatic rings. The molecule has 0 saturated carbocycles.